The van der Waals surface area contributed by atoms with Gasteiger partial charge in [0.1, 0.15) is 11.6 Å². The predicted octanol–water partition coefficient (Wildman–Crippen LogP) is 1.58. The number of fused-ring (bicyclic) bond motifs is 6. The first-order chi connectivity index (χ1) is 20.8. The number of hydrogen-bond donors (Lipinski definition) is 0. The summed E-state index contributed by atoms with van der Waals surface area (Å²) in [6.07, 6.45) is 7.84. The van der Waals surface area contributed by atoms with E-state index in [1.165, 1.54) is 12.1 Å². The molecular formula is C32H24Br2ClCs2F2N3O3. The van der Waals surface area contributed by atoms with E-state index >= 15 is 0 Å². The number of allylic oxidation sites excluding steroid dienone is 1. The Morgan fingerprint density at radius 1 is 1.00 bits per heavy atom. The molecule has 2 aromatic carbocycles. The zero-order valence-electron chi connectivity index (χ0n) is 25.5. The van der Waals surface area contributed by atoms with Crippen LogP contribution in [0.3, 0.4) is 0 Å². The van der Waals surface area contributed by atoms with Crippen LogP contribution in [0.5, 0.6) is 0 Å². The van der Waals surface area contributed by atoms with Crippen molar-refractivity contribution < 1.29 is 163 Å². The molecule has 6 nitrogen and oxygen atoms in total. The summed E-state index contributed by atoms with van der Waals surface area (Å²) in [5.74, 6) is 0.194. The molecule has 0 saturated carbocycles. The molecular weight excluding hydrogens is 973 g/mol. The minimum Gasteiger partial charge on any atom is -1.00 e. The number of carbonyl (C=O) groups is 1. The van der Waals surface area contributed by atoms with Crippen molar-refractivity contribution in [3.05, 3.63) is 116 Å². The number of alkyl halides is 1. The van der Waals surface area contributed by atoms with E-state index < -0.39 is 0 Å². The van der Waals surface area contributed by atoms with Crippen LogP contribution in [0, 0.1) is 11.6 Å². The number of pyridine rings is 2. The van der Waals surface area contributed by atoms with Gasteiger partial charge in [-0.05, 0) is 91.9 Å². The van der Waals surface area contributed by atoms with E-state index in [4.69, 9.17) is 21.7 Å². The van der Waals surface area contributed by atoms with Crippen LogP contribution in [0.1, 0.15) is 29.5 Å². The quantitative estimate of drug-likeness (QED) is 0.119. The molecule has 3 aromatic heterocycles. The molecule has 1 aliphatic carbocycles. The molecule has 0 radical (unpaired) electrons. The molecule has 45 heavy (non-hydrogen) atoms. The summed E-state index contributed by atoms with van der Waals surface area (Å²) >= 11 is 12.7. The molecule has 0 fully saturated rings. The largest absolute Gasteiger partial charge is 1.00 e. The molecule has 0 N–H and O–H groups in total. The van der Waals surface area contributed by atoms with Gasteiger partial charge in [-0.1, -0.05) is 18.2 Å². The minimum atomic E-state index is -0.181. The van der Waals surface area contributed by atoms with Gasteiger partial charge < -0.3 is 16.1 Å². The van der Waals surface area contributed by atoms with Crippen molar-refractivity contribution in [2.24, 2.45) is 0 Å². The summed E-state index contributed by atoms with van der Waals surface area (Å²) in [6, 6.07) is 16.5. The van der Waals surface area contributed by atoms with E-state index in [1.54, 1.807) is 18.3 Å². The van der Waals surface area contributed by atoms with Gasteiger partial charge in [-0.3, -0.25) is 14.8 Å². The Morgan fingerprint density at radius 2 is 1.67 bits per heavy atom. The Bertz CT molecular complexity index is 1860. The first-order valence-corrected chi connectivity index (χ1v) is 15.3. The van der Waals surface area contributed by atoms with Crippen LogP contribution in [0.15, 0.2) is 75.9 Å². The van der Waals surface area contributed by atoms with E-state index in [2.05, 4.69) is 57.3 Å². The van der Waals surface area contributed by atoms with Crippen LogP contribution >= 0.6 is 43.5 Å². The zero-order valence-corrected chi connectivity index (χ0v) is 41.0. The van der Waals surface area contributed by atoms with Gasteiger partial charge in [0.2, 0.25) is 0 Å². The second-order valence-electron chi connectivity index (χ2n) is 9.69. The Kier molecular flexibility index (Phi) is 17.1. The van der Waals surface area contributed by atoms with Gasteiger partial charge >= 0.3 is 138 Å². The second-order valence-corrected chi connectivity index (χ2v) is 11.9. The van der Waals surface area contributed by atoms with Crippen LogP contribution in [0.2, 0.25) is 0 Å². The maximum Gasteiger partial charge on any atom is 1.00 e. The van der Waals surface area contributed by atoms with Gasteiger partial charge in [0.05, 0.1) is 16.9 Å². The van der Waals surface area contributed by atoms with Crippen LogP contribution in [-0.2, 0) is 35.5 Å². The number of aryl methyl sites for hydroxylation is 3. The molecule has 13 heteroatoms. The summed E-state index contributed by atoms with van der Waals surface area (Å²) in [5.41, 5.74) is 9.01. The number of nitrogens with zero attached hydrogens (tertiary/aromatic N) is 3. The van der Waals surface area contributed by atoms with Gasteiger partial charge in [0, 0.05) is 74.4 Å². The normalized spacial score (nSPS) is 12.0. The monoisotopic (exact) mass is 995 g/mol. The van der Waals surface area contributed by atoms with Crippen molar-refractivity contribution in [1.82, 2.24) is 14.5 Å². The van der Waals surface area contributed by atoms with E-state index in [0.29, 0.717) is 23.3 Å². The standard InChI is InChI=1S/C16H12BrClFN.C15H10BrFN2.CH2O3.2Cs.H/c17-12-8-14(16(4-5-18)20-9-12)11-6-10-2-1-3-15(19)13(10)7-11;16-9-6-11-13(18-8-9)4-5-19-14-3-1-2-12(17)10(14)7-15(11)19;2-1-4-3;;;/h1-3,7-9H,4-6H2;1-3,6-8H,4-5H2;1,3H;;;/q;;;2*+1;-1/p-1. The molecule has 0 saturated heterocycles. The van der Waals surface area contributed by atoms with Crippen molar-refractivity contribution in [3.8, 4) is 11.3 Å². The summed E-state index contributed by atoms with van der Waals surface area (Å²) in [6.45, 7) is 0.671. The first-order valence-electron chi connectivity index (χ1n) is 13.2. The molecule has 2 aliphatic rings. The number of halogens is 5. The van der Waals surface area contributed by atoms with Gasteiger partial charge in [0.15, 0.2) is 0 Å². The maximum absolute atomic E-state index is 13.9. The molecule has 0 spiro atoms. The van der Waals surface area contributed by atoms with E-state index in [9.17, 15) is 8.78 Å². The van der Waals surface area contributed by atoms with Crippen LogP contribution in [0.25, 0.3) is 33.8 Å². The van der Waals surface area contributed by atoms with Crippen molar-refractivity contribution in [2.75, 3.05) is 5.88 Å². The van der Waals surface area contributed by atoms with Crippen molar-refractivity contribution >= 4 is 72.5 Å². The molecule has 0 bridgehead atoms. The SMILES string of the molecule is Fc1cccc2c1C=C(c1cc(Br)cnc1CCCl)C2.Fc1cccc2c1cc1n2CCc2ncc(Br)cc2-1.O=CO[O-].[Cs+].[Cs+].[H-]. The number of hydrogen-bond acceptors (Lipinski definition) is 5. The topological polar surface area (TPSA) is 80.1 Å². The molecule has 222 valence electrons. The molecule has 5 aromatic rings. The van der Waals surface area contributed by atoms with Crippen LogP contribution in [-0.4, -0.2) is 26.9 Å². The molecule has 4 heterocycles. The maximum atomic E-state index is 13.9. The predicted molar refractivity (Wildman–Crippen MR) is 169 cm³/mol. The molecule has 1 aliphatic heterocycles. The summed E-state index contributed by atoms with van der Waals surface area (Å²) in [7, 11) is 0. The van der Waals surface area contributed by atoms with Gasteiger partial charge in [-0.25, -0.2) is 8.78 Å². The summed E-state index contributed by atoms with van der Waals surface area (Å²) < 4.78 is 31.8. The summed E-state index contributed by atoms with van der Waals surface area (Å²) in [5, 5.41) is 9.12. The van der Waals surface area contributed by atoms with Crippen LogP contribution in [0.4, 0.5) is 8.78 Å². The fraction of sp³-hybridized carbons (Fsp3) is 0.156. The Labute approximate surface area is 400 Å². The Morgan fingerprint density at radius 3 is 2.36 bits per heavy atom. The van der Waals surface area contributed by atoms with Gasteiger partial charge in [-0.2, -0.15) is 0 Å². The molecule has 7 rings (SSSR count). The Hall–Kier alpha value is 0.664. The van der Waals surface area contributed by atoms with E-state index in [0.717, 1.165) is 73.2 Å². The minimum absolute atomic E-state index is 0. The molecule has 0 atom stereocenters. The molecule has 0 unspecified atom stereocenters. The first kappa shape index (κ1) is 40.1. The third-order valence-corrected chi connectivity index (χ3v) is 8.23. The summed E-state index contributed by atoms with van der Waals surface area (Å²) in [4.78, 5) is 20.1. The van der Waals surface area contributed by atoms with Gasteiger partial charge in [0.25, 0.3) is 6.47 Å². The van der Waals surface area contributed by atoms with E-state index in [1.807, 2.05) is 36.5 Å². The Balaban J connectivity index is 0.000000271. The average molecular weight is 998 g/mol. The van der Waals surface area contributed by atoms with E-state index in [-0.39, 0.29) is 157 Å². The second kappa shape index (κ2) is 19.2. The van der Waals surface area contributed by atoms with Crippen molar-refractivity contribution in [1.29, 1.82) is 0 Å². The number of benzene rings is 2. The number of rotatable bonds is 4. The number of carbonyl (C=O) groups excluding carboxylic acids is 1. The van der Waals surface area contributed by atoms with Crippen molar-refractivity contribution in [2.45, 2.75) is 25.8 Å². The third kappa shape index (κ3) is 9.68. The average Bonchev–Trinajstić information content (AvgIpc) is 3.63. The smallest absolute Gasteiger partial charge is 1.00 e. The fourth-order valence-electron chi connectivity index (χ4n) is 5.35. The zero-order chi connectivity index (χ0) is 30.5. The third-order valence-electron chi connectivity index (χ3n) is 7.17. The van der Waals surface area contributed by atoms with Crippen molar-refractivity contribution in [3.63, 3.8) is 0 Å². The number of aromatic nitrogens is 3. The van der Waals surface area contributed by atoms with Crippen LogP contribution < -0.4 is 143 Å². The van der Waals surface area contributed by atoms with Gasteiger partial charge in [-0.15, -0.1) is 11.6 Å². The fourth-order valence-corrected chi connectivity index (χ4v) is 6.20. The molecule has 0 amide bonds.